The molecule has 3 N–H and O–H groups in total. The summed E-state index contributed by atoms with van der Waals surface area (Å²) in [7, 11) is 0. The van der Waals surface area contributed by atoms with Crippen LogP contribution in [0.5, 0.6) is 0 Å². The van der Waals surface area contributed by atoms with Gasteiger partial charge in [-0.15, -0.1) is 0 Å². The maximum Gasteiger partial charge on any atom is 0.319 e. The fraction of sp³-hybridized carbons (Fsp3) is 0.375. The zero-order valence-electron chi connectivity index (χ0n) is 18.1. The lowest BCUT2D eigenvalue weighted by Crippen LogP contribution is -2.45. The Morgan fingerprint density at radius 3 is 2.35 bits per heavy atom. The van der Waals surface area contributed by atoms with Gasteiger partial charge < -0.3 is 20.9 Å². The van der Waals surface area contributed by atoms with E-state index in [1.165, 1.54) is 0 Å². The largest absolute Gasteiger partial charge is 0.350 e. The molecule has 1 heterocycles. The Morgan fingerprint density at radius 1 is 1.00 bits per heavy atom. The van der Waals surface area contributed by atoms with Gasteiger partial charge >= 0.3 is 6.03 Å². The molecule has 1 fully saturated rings. The Bertz CT molecular complexity index is 897. The van der Waals surface area contributed by atoms with E-state index in [1.54, 1.807) is 17.0 Å². The van der Waals surface area contributed by atoms with Crippen molar-refractivity contribution in [2.45, 2.75) is 51.7 Å². The van der Waals surface area contributed by atoms with E-state index in [0.717, 1.165) is 24.0 Å². The van der Waals surface area contributed by atoms with E-state index < -0.39 is 6.04 Å². The fourth-order valence-electron chi connectivity index (χ4n) is 3.63. The molecule has 0 aromatic heterocycles. The van der Waals surface area contributed by atoms with Gasteiger partial charge in [0.05, 0.1) is 0 Å². The van der Waals surface area contributed by atoms with Gasteiger partial charge in [0.2, 0.25) is 11.8 Å². The number of nitrogens with one attached hydrogen (secondary N) is 3. The highest BCUT2D eigenvalue weighted by molar-refractivity contribution is 5.90. The summed E-state index contributed by atoms with van der Waals surface area (Å²) in [6.07, 6.45) is 2.25. The molecule has 31 heavy (non-hydrogen) atoms. The van der Waals surface area contributed by atoms with Crippen LogP contribution in [0.25, 0.3) is 0 Å². The van der Waals surface area contributed by atoms with Crippen molar-refractivity contribution < 1.29 is 14.4 Å². The van der Waals surface area contributed by atoms with Crippen LogP contribution in [0.3, 0.4) is 0 Å². The highest BCUT2D eigenvalue weighted by Gasteiger charge is 2.32. The van der Waals surface area contributed by atoms with Crippen LogP contribution in [0.2, 0.25) is 0 Å². The van der Waals surface area contributed by atoms with Crippen molar-refractivity contribution in [2.75, 3.05) is 11.9 Å². The van der Waals surface area contributed by atoms with E-state index >= 15 is 0 Å². The molecular formula is C24H30N4O3. The highest BCUT2D eigenvalue weighted by Crippen LogP contribution is 2.26. The predicted octanol–water partition coefficient (Wildman–Crippen LogP) is 3.59. The molecule has 0 aliphatic carbocycles. The van der Waals surface area contributed by atoms with E-state index in [-0.39, 0.29) is 23.9 Å². The topological polar surface area (TPSA) is 90.5 Å². The second-order valence-electron chi connectivity index (χ2n) is 8.03. The Kier molecular flexibility index (Phi) is 7.65. The maximum atomic E-state index is 13.1. The van der Waals surface area contributed by atoms with E-state index in [4.69, 9.17) is 0 Å². The summed E-state index contributed by atoms with van der Waals surface area (Å²) in [4.78, 5) is 39.1. The molecule has 0 saturated carbocycles. The summed E-state index contributed by atoms with van der Waals surface area (Å²) < 4.78 is 0. The Morgan fingerprint density at radius 2 is 1.71 bits per heavy atom. The first-order valence-electron chi connectivity index (χ1n) is 10.7. The molecular weight excluding hydrogens is 392 g/mol. The molecule has 4 amide bonds. The van der Waals surface area contributed by atoms with Gasteiger partial charge in [-0.25, -0.2) is 4.79 Å². The average Bonchev–Trinajstić information content (AvgIpc) is 2.75. The van der Waals surface area contributed by atoms with Gasteiger partial charge in [-0.2, -0.15) is 0 Å². The van der Waals surface area contributed by atoms with Crippen LogP contribution in [0.4, 0.5) is 10.5 Å². The SMILES string of the molecule is CC(C)NC(=O)Nc1ccc(CNC(=O)C(c2ccccc2)N2CCCCC2=O)cc1. The van der Waals surface area contributed by atoms with E-state index in [1.807, 2.05) is 56.3 Å². The molecule has 1 saturated heterocycles. The summed E-state index contributed by atoms with van der Waals surface area (Å²) in [5, 5.41) is 8.51. The average molecular weight is 423 g/mol. The second kappa shape index (κ2) is 10.6. The van der Waals surface area contributed by atoms with E-state index in [0.29, 0.717) is 25.2 Å². The third-order valence-corrected chi connectivity index (χ3v) is 5.13. The highest BCUT2D eigenvalue weighted by atomic mass is 16.2. The van der Waals surface area contributed by atoms with Gasteiger partial charge in [0, 0.05) is 31.2 Å². The van der Waals surface area contributed by atoms with Crippen molar-refractivity contribution in [1.82, 2.24) is 15.5 Å². The monoisotopic (exact) mass is 422 g/mol. The first-order valence-corrected chi connectivity index (χ1v) is 10.7. The number of hydrogen-bond donors (Lipinski definition) is 3. The van der Waals surface area contributed by atoms with Gasteiger partial charge in [0.25, 0.3) is 0 Å². The van der Waals surface area contributed by atoms with Crippen molar-refractivity contribution in [3.05, 3.63) is 65.7 Å². The van der Waals surface area contributed by atoms with Crippen LogP contribution < -0.4 is 16.0 Å². The number of carbonyl (C=O) groups excluding carboxylic acids is 3. The maximum absolute atomic E-state index is 13.1. The number of rotatable bonds is 7. The number of piperidine rings is 1. The molecule has 0 spiro atoms. The van der Waals surface area contributed by atoms with E-state index in [2.05, 4.69) is 16.0 Å². The first kappa shape index (κ1) is 22.3. The molecule has 1 aliphatic heterocycles. The molecule has 0 bridgehead atoms. The molecule has 7 heteroatoms. The zero-order valence-corrected chi connectivity index (χ0v) is 18.1. The number of nitrogens with zero attached hydrogens (tertiary/aromatic N) is 1. The number of benzene rings is 2. The van der Waals surface area contributed by atoms with Crippen LogP contribution in [-0.2, 0) is 16.1 Å². The molecule has 2 aromatic carbocycles. The molecule has 1 unspecified atom stereocenters. The van der Waals surface area contributed by atoms with Gasteiger partial charge in [0.1, 0.15) is 6.04 Å². The summed E-state index contributed by atoms with van der Waals surface area (Å²) in [5.41, 5.74) is 2.39. The molecule has 164 valence electrons. The number of hydrogen-bond acceptors (Lipinski definition) is 3. The van der Waals surface area contributed by atoms with Crippen LogP contribution in [0.1, 0.15) is 50.3 Å². The van der Waals surface area contributed by atoms with Crippen molar-refractivity contribution in [3.8, 4) is 0 Å². The predicted molar refractivity (Wildman–Crippen MR) is 120 cm³/mol. The minimum absolute atomic E-state index is 0.0188. The lowest BCUT2D eigenvalue weighted by atomic mass is 10.0. The Labute approximate surface area is 183 Å². The smallest absolute Gasteiger partial charge is 0.319 e. The molecule has 7 nitrogen and oxygen atoms in total. The Balaban J connectivity index is 1.64. The van der Waals surface area contributed by atoms with E-state index in [9.17, 15) is 14.4 Å². The Hall–Kier alpha value is -3.35. The fourth-order valence-corrected chi connectivity index (χ4v) is 3.63. The van der Waals surface area contributed by atoms with Crippen LogP contribution >= 0.6 is 0 Å². The summed E-state index contributed by atoms with van der Waals surface area (Å²) in [6.45, 7) is 4.71. The lowest BCUT2D eigenvalue weighted by molar-refractivity contribution is -0.142. The number of likely N-dealkylation sites (tertiary alicyclic amines) is 1. The normalized spacial score (nSPS) is 14.8. The molecule has 1 atom stereocenters. The summed E-state index contributed by atoms with van der Waals surface area (Å²) in [5.74, 6) is -0.176. The molecule has 2 aromatic rings. The number of amides is 4. The summed E-state index contributed by atoms with van der Waals surface area (Å²) in [6, 6.07) is 15.9. The first-order chi connectivity index (χ1) is 14.9. The number of carbonyl (C=O) groups is 3. The minimum Gasteiger partial charge on any atom is -0.350 e. The van der Waals surface area contributed by atoms with Crippen molar-refractivity contribution in [1.29, 1.82) is 0 Å². The second-order valence-corrected chi connectivity index (χ2v) is 8.03. The van der Waals surface area contributed by atoms with Gasteiger partial charge in [-0.1, -0.05) is 42.5 Å². The van der Waals surface area contributed by atoms with Gasteiger partial charge in [-0.3, -0.25) is 9.59 Å². The molecule has 0 radical (unpaired) electrons. The zero-order chi connectivity index (χ0) is 22.2. The standard InChI is InChI=1S/C24H30N4O3/c1-17(2)26-24(31)27-20-13-11-18(12-14-20)16-25-23(30)22(19-8-4-3-5-9-19)28-15-7-6-10-21(28)29/h3-5,8-9,11-14,17,22H,6-7,10,15-16H2,1-2H3,(H,25,30)(H2,26,27,31). The number of anilines is 1. The van der Waals surface area contributed by atoms with Crippen molar-refractivity contribution in [3.63, 3.8) is 0 Å². The summed E-state index contributed by atoms with van der Waals surface area (Å²) >= 11 is 0. The third-order valence-electron chi connectivity index (χ3n) is 5.13. The van der Waals surface area contributed by atoms with Crippen LogP contribution in [-0.4, -0.2) is 35.3 Å². The van der Waals surface area contributed by atoms with Gasteiger partial charge in [0.15, 0.2) is 0 Å². The van der Waals surface area contributed by atoms with Gasteiger partial charge in [-0.05, 0) is 49.9 Å². The van der Waals surface area contributed by atoms with Crippen LogP contribution in [0, 0.1) is 0 Å². The number of urea groups is 1. The van der Waals surface area contributed by atoms with Crippen molar-refractivity contribution >= 4 is 23.5 Å². The quantitative estimate of drug-likeness (QED) is 0.637. The van der Waals surface area contributed by atoms with Crippen molar-refractivity contribution in [2.24, 2.45) is 0 Å². The molecule has 1 aliphatic rings. The minimum atomic E-state index is -0.630. The third kappa shape index (κ3) is 6.31. The van der Waals surface area contributed by atoms with Crippen LogP contribution in [0.15, 0.2) is 54.6 Å². The molecule has 3 rings (SSSR count). The lowest BCUT2D eigenvalue weighted by Gasteiger charge is -2.34.